The standard InChI is InChI=1S/C21H27FN2OS/c22-18-9-3-1-7-16(18)21-23-15(14-26-21)13-24-12-6-5-10-19(24)17-8-2-4-11-20(17)25/h1,3,7,9,14,17,19-20,25H,2,4-6,8,10-13H2/t17-,19+,20+/m0/s1. The fourth-order valence-electron chi connectivity index (χ4n) is 4.63. The van der Waals surface area contributed by atoms with E-state index in [1.54, 1.807) is 12.1 Å². The first-order chi connectivity index (χ1) is 12.7. The molecule has 0 amide bonds. The van der Waals surface area contributed by atoms with Gasteiger partial charge in [-0.3, -0.25) is 4.90 Å². The van der Waals surface area contributed by atoms with Crippen molar-refractivity contribution in [2.24, 2.45) is 5.92 Å². The molecule has 140 valence electrons. The van der Waals surface area contributed by atoms with Crippen LogP contribution in [0.15, 0.2) is 29.6 Å². The van der Waals surface area contributed by atoms with Gasteiger partial charge in [0.15, 0.2) is 0 Å². The van der Waals surface area contributed by atoms with Crippen LogP contribution in [0.2, 0.25) is 0 Å². The number of nitrogens with zero attached hydrogens (tertiary/aromatic N) is 2. The second-order valence-corrected chi connectivity index (χ2v) is 8.53. The highest BCUT2D eigenvalue weighted by Gasteiger charge is 2.35. The van der Waals surface area contributed by atoms with E-state index in [0.717, 1.165) is 43.1 Å². The minimum Gasteiger partial charge on any atom is -0.393 e. The van der Waals surface area contributed by atoms with Crippen LogP contribution in [0.1, 0.15) is 50.6 Å². The average Bonchev–Trinajstić information content (AvgIpc) is 3.11. The van der Waals surface area contributed by atoms with E-state index in [-0.39, 0.29) is 11.9 Å². The lowest BCUT2D eigenvalue weighted by molar-refractivity contribution is -0.00895. The number of aliphatic hydroxyl groups excluding tert-OH is 1. The number of hydrogen-bond donors (Lipinski definition) is 1. The smallest absolute Gasteiger partial charge is 0.133 e. The molecule has 1 aliphatic heterocycles. The second-order valence-electron chi connectivity index (χ2n) is 7.67. The number of piperidine rings is 1. The summed E-state index contributed by atoms with van der Waals surface area (Å²) in [4.78, 5) is 7.23. The topological polar surface area (TPSA) is 36.4 Å². The molecule has 2 aliphatic rings. The second kappa shape index (κ2) is 8.15. The predicted octanol–water partition coefficient (Wildman–Crippen LogP) is 4.85. The minimum atomic E-state index is -0.213. The van der Waals surface area contributed by atoms with E-state index in [4.69, 9.17) is 4.98 Å². The quantitative estimate of drug-likeness (QED) is 0.831. The van der Waals surface area contributed by atoms with Crippen molar-refractivity contribution < 1.29 is 9.50 Å². The van der Waals surface area contributed by atoms with Crippen molar-refractivity contribution in [3.63, 3.8) is 0 Å². The average molecular weight is 375 g/mol. The van der Waals surface area contributed by atoms with Gasteiger partial charge in [0.2, 0.25) is 0 Å². The van der Waals surface area contributed by atoms with Gasteiger partial charge in [0.1, 0.15) is 10.8 Å². The summed E-state index contributed by atoms with van der Waals surface area (Å²) in [5, 5.41) is 13.3. The molecule has 1 N–H and O–H groups in total. The summed E-state index contributed by atoms with van der Waals surface area (Å²) in [6, 6.07) is 7.30. The van der Waals surface area contributed by atoms with Crippen molar-refractivity contribution in [1.29, 1.82) is 0 Å². The molecule has 3 nitrogen and oxygen atoms in total. The molecule has 2 heterocycles. The Labute approximate surface area is 158 Å². The third-order valence-corrected chi connectivity index (χ3v) is 6.89. The summed E-state index contributed by atoms with van der Waals surface area (Å²) in [6.07, 6.45) is 7.96. The number of halogens is 1. The lowest BCUT2D eigenvalue weighted by Gasteiger charge is -2.43. The first-order valence-electron chi connectivity index (χ1n) is 9.84. The van der Waals surface area contributed by atoms with Crippen LogP contribution in [0.25, 0.3) is 10.6 Å². The van der Waals surface area contributed by atoms with Gasteiger partial charge in [0, 0.05) is 29.4 Å². The largest absolute Gasteiger partial charge is 0.393 e. The van der Waals surface area contributed by atoms with Gasteiger partial charge in [0.05, 0.1) is 11.8 Å². The molecular weight excluding hydrogens is 347 g/mol. The SMILES string of the molecule is O[C@@H]1CCCC[C@H]1[C@H]1CCCCN1Cc1csc(-c2ccccc2F)n1. The zero-order valence-corrected chi connectivity index (χ0v) is 15.9. The molecule has 3 atom stereocenters. The molecule has 5 heteroatoms. The van der Waals surface area contributed by atoms with Crippen molar-refractivity contribution in [3.8, 4) is 10.6 Å². The van der Waals surface area contributed by atoms with E-state index in [1.165, 1.54) is 43.1 Å². The first-order valence-corrected chi connectivity index (χ1v) is 10.7. The Morgan fingerprint density at radius 1 is 1.12 bits per heavy atom. The van der Waals surface area contributed by atoms with Gasteiger partial charge in [-0.05, 0) is 44.4 Å². The Morgan fingerprint density at radius 3 is 2.77 bits per heavy atom. The maximum absolute atomic E-state index is 14.0. The highest BCUT2D eigenvalue weighted by atomic mass is 32.1. The monoisotopic (exact) mass is 374 g/mol. The van der Waals surface area contributed by atoms with Crippen LogP contribution in [0.4, 0.5) is 4.39 Å². The third-order valence-electron chi connectivity index (χ3n) is 5.96. The molecule has 1 aromatic carbocycles. The van der Waals surface area contributed by atoms with E-state index in [9.17, 15) is 9.50 Å². The number of hydrogen-bond acceptors (Lipinski definition) is 4. The van der Waals surface area contributed by atoms with Gasteiger partial charge in [-0.15, -0.1) is 11.3 Å². The molecular formula is C21H27FN2OS. The number of thiazole rings is 1. The Morgan fingerprint density at radius 2 is 1.92 bits per heavy atom. The Balaban J connectivity index is 1.49. The molecule has 0 radical (unpaired) electrons. The first kappa shape index (κ1) is 18.1. The summed E-state index contributed by atoms with van der Waals surface area (Å²) in [5.41, 5.74) is 1.60. The Bertz CT molecular complexity index is 734. The highest BCUT2D eigenvalue weighted by Crippen LogP contribution is 2.35. The maximum atomic E-state index is 14.0. The summed E-state index contributed by atoms with van der Waals surface area (Å²) in [5.74, 6) is 0.184. The van der Waals surface area contributed by atoms with Crippen molar-refractivity contribution in [3.05, 3.63) is 41.2 Å². The fraction of sp³-hybridized carbons (Fsp3) is 0.571. The number of rotatable bonds is 4. The predicted molar refractivity (Wildman–Crippen MR) is 104 cm³/mol. The summed E-state index contributed by atoms with van der Waals surface area (Å²) in [7, 11) is 0. The lowest BCUT2D eigenvalue weighted by Crippen LogP contribution is -2.48. The van der Waals surface area contributed by atoms with E-state index < -0.39 is 0 Å². The van der Waals surface area contributed by atoms with Gasteiger partial charge >= 0.3 is 0 Å². The molecule has 0 spiro atoms. The molecule has 2 aromatic rings. The molecule has 1 saturated heterocycles. The highest BCUT2D eigenvalue weighted by molar-refractivity contribution is 7.13. The van der Waals surface area contributed by atoms with Crippen molar-refractivity contribution in [2.75, 3.05) is 6.54 Å². The van der Waals surface area contributed by atoms with Crippen LogP contribution in [-0.2, 0) is 6.54 Å². The van der Waals surface area contributed by atoms with Gasteiger partial charge in [-0.2, -0.15) is 0 Å². The zero-order valence-electron chi connectivity index (χ0n) is 15.1. The fourth-order valence-corrected chi connectivity index (χ4v) is 5.47. The van der Waals surface area contributed by atoms with Gasteiger partial charge in [-0.1, -0.05) is 31.4 Å². The maximum Gasteiger partial charge on any atom is 0.133 e. The van der Waals surface area contributed by atoms with Crippen LogP contribution < -0.4 is 0 Å². The molecule has 26 heavy (non-hydrogen) atoms. The van der Waals surface area contributed by atoms with E-state index in [2.05, 4.69) is 10.3 Å². The van der Waals surface area contributed by atoms with Crippen LogP contribution >= 0.6 is 11.3 Å². The number of aliphatic hydroxyl groups is 1. The van der Waals surface area contributed by atoms with Crippen molar-refractivity contribution >= 4 is 11.3 Å². The summed E-state index contributed by atoms with van der Waals surface area (Å²) in [6.45, 7) is 1.87. The van der Waals surface area contributed by atoms with Gasteiger partial charge in [0.25, 0.3) is 0 Å². The molecule has 1 aromatic heterocycles. The van der Waals surface area contributed by atoms with Crippen LogP contribution in [0, 0.1) is 11.7 Å². The molecule has 4 rings (SSSR count). The molecule has 1 saturated carbocycles. The van der Waals surface area contributed by atoms with Gasteiger partial charge in [-0.25, -0.2) is 9.37 Å². The minimum absolute atomic E-state index is 0.154. The van der Waals surface area contributed by atoms with E-state index in [1.807, 2.05) is 6.07 Å². The van der Waals surface area contributed by atoms with Gasteiger partial charge < -0.3 is 5.11 Å². The number of aromatic nitrogens is 1. The molecule has 2 fully saturated rings. The molecule has 0 unspecified atom stereocenters. The van der Waals surface area contributed by atoms with Crippen molar-refractivity contribution in [1.82, 2.24) is 9.88 Å². The summed E-state index contributed by atoms with van der Waals surface area (Å²) >= 11 is 1.52. The van der Waals surface area contributed by atoms with Crippen molar-refractivity contribution in [2.45, 2.75) is 63.6 Å². The van der Waals surface area contributed by atoms with E-state index >= 15 is 0 Å². The Kier molecular flexibility index (Phi) is 5.67. The number of likely N-dealkylation sites (tertiary alicyclic amines) is 1. The lowest BCUT2D eigenvalue weighted by atomic mass is 9.78. The zero-order chi connectivity index (χ0) is 17.9. The summed E-state index contributed by atoms with van der Waals surface area (Å²) < 4.78 is 14.0. The van der Waals surface area contributed by atoms with E-state index in [0.29, 0.717) is 17.5 Å². The van der Waals surface area contributed by atoms with Crippen LogP contribution in [-0.4, -0.2) is 33.7 Å². The van der Waals surface area contributed by atoms with Crippen LogP contribution in [0.5, 0.6) is 0 Å². The molecule has 0 bridgehead atoms. The Hall–Kier alpha value is -1.30. The normalized spacial score (nSPS) is 27.5. The molecule has 1 aliphatic carbocycles. The number of benzene rings is 1. The van der Waals surface area contributed by atoms with Crippen LogP contribution in [0.3, 0.4) is 0 Å². The third kappa shape index (κ3) is 3.85.